The minimum atomic E-state index is 0.275. The van der Waals surface area contributed by atoms with Crippen molar-refractivity contribution in [1.82, 2.24) is 21.3 Å². The first-order valence-electron chi connectivity index (χ1n) is 4.76. The molecule has 76 valence electrons. The van der Waals surface area contributed by atoms with Gasteiger partial charge >= 0.3 is 0 Å². The van der Waals surface area contributed by atoms with E-state index in [-0.39, 0.29) is 12.2 Å². The van der Waals surface area contributed by atoms with Gasteiger partial charge in [-0.05, 0) is 19.7 Å². The zero-order valence-electron chi connectivity index (χ0n) is 8.49. The molecule has 3 N–H and O–H groups in total. The van der Waals surface area contributed by atoms with Crippen LogP contribution in [0.4, 0.5) is 0 Å². The fourth-order valence-corrected chi connectivity index (χ4v) is 1.71. The number of nitrogens with one attached hydrogen (secondary N) is 3. The molecule has 14 heavy (non-hydrogen) atoms. The Balaban J connectivity index is 2.18. The van der Waals surface area contributed by atoms with Crippen molar-refractivity contribution >= 4 is 0 Å². The first-order valence-corrected chi connectivity index (χ1v) is 4.76. The van der Waals surface area contributed by atoms with E-state index in [1.807, 2.05) is 6.07 Å². The molecule has 1 aliphatic rings. The zero-order chi connectivity index (χ0) is 9.97. The van der Waals surface area contributed by atoms with E-state index < -0.39 is 0 Å². The van der Waals surface area contributed by atoms with Crippen LogP contribution in [-0.4, -0.2) is 25.2 Å². The third kappa shape index (κ3) is 1.78. The Morgan fingerprint density at radius 2 is 1.79 bits per heavy atom. The van der Waals surface area contributed by atoms with Gasteiger partial charge in [-0.2, -0.15) is 5.53 Å². The molecule has 1 aliphatic heterocycles. The molecule has 1 heterocycles. The topological polar surface area (TPSA) is 39.3 Å². The van der Waals surface area contributed by atoms with Crippen LogP contribution >= 0.6 is 0 Å². The van der Waals surface area contributed by atoms with Crippen LogP contribution in [0.15, 0.2) is 30.3 Å². The van der Waals surface area contributed by atoms with E-state index in [9.17, 15) is 0 Å². The minimum absolute atomic E-state index is 0.275. The minimum Gasteiger partial charge on any atom is -0.292 e. The summed E-state index contributed by atoms with van der Waals surface area (Å²) < 4.78 is 0. The molecule has 4 heteroatoms. The van der Waals surface area contributed by atoms with Crippen molar-refractivity contribution in [2.24, 2.45) is 0 Å². The Morgan fingerprint density at radius 1 is 1.07 bits per heavy atom. The molecular formula is C10H16N4. The van der Waals surface area contributed by atoms with Crippen molar-refractivity contribution in [3.05, 3.63) is 35.9 Å². The zero-order valence-corrected chi connectivity index (χ0v) is 8.49. The fraction of sp³-hybridized carbons (Fsp3) is 0.400. The molecule has 0 aromatic heterocycles. The lowest BCUT2D eigenvalue weighted by molar-refractivity contribution is 0.243. The molecule has 0 amide bonds. The molecule has 1 aromatic rings. The maximum absolute atomic E-state index is 3.20. The molecule has 1 fully saturated rings. The van der Waals surface area contributed by atoms with Gasteiger partial charge in [-0.3, -0.25) is 4.90 Å². The molecule has 0 radical (unpaired) electrons. The van der Waals surface area contributed by atoms with Gasteiger partial charge < -0.3 is 0 Å². The Bertz CT molecular complexity index is 285. The van der Waals surface area contributed by atoms with Gasteiger partial charge in [0.1, 0.15) is 0 Å². The molecule has 0 aliphatic carbocycles. The van der Waals surface area contributed by atoms with Gasteiger partial charge in [0.05, 0.1) is 12.2 Å². The van der Waals surface area contributed by atoms with Gasteiger partial charge in [0.25, 0.3) is 0 Å². The predicted octanol–water partition coefficient (Wildman–Crippen LogP) is 0.228. The molecular weight excluding hydrogens is 176 g/mol. The molecule has 2 unspecified atom stereocenters. The smallest absolute Gasteiger partial charge is 0.0948 e. The summed E-state index contributed by atoms with van der Waals surface area (Å²) in [5.74, 6) is 0. The molecule has 4 nitrogen and oxygen atoms in total. The second kappa shape index (κ2) is 4.06. The number of benzene rings is 1. The van der Waals surface area contributed by atoms with Crippen LogP contribution in [0.3, 0.4) is 0 Å². The van der Waals surface area contributed by atoms with Crippen LogP contribution in [-0.2, 0) is 0 Å². The van der Waals surface area contributed by atoms with Gasteiger partial charge in [0, 0.05) is 0 Å². The van der Waals surface area contributed by atoms with E-state index >= 15 is 0 Å². The second-order valence-corrected chi connectivity index (χ2v) is 3.71. The first-order chi connectivity index (χ1) is 6.79. The van der Waals surface area contributed by atoms with Gasteiger partial charge in [-0.25, -0.2) is 10.9 Å². The van der Waals surface area contributed by atoms with Crippen molar-refractivity contribution in [1.29, 1.82) is 0 Å². The molecule has 1 saturated heterocycles. The van der Waals surface area contributed by atoms with E-state index in [4.69, 9.17) is 0 Å². The number of hydrogen-bond donors (Lipinski definition) is 3. The summed E-state index contributed by atoms with van der Waals surface area (Å²) >= 11 is 0. The van der Waals surface area contributed by atoms with E-state index in [0.29, 0.717) is 0 Å². The Hall–Kier alpha value is -0.940. The summed E-state index contributed by atoms with van der Waals surface area (Å²) in [5.41, 5.74) is 10.6. The summed E-state index contributed by atoms with van der Waals surface area (Å²) in [6.07, 6.45) is 0.275. The largest absolute Gasteiger partial charge is 0.292 e. The van der Waals surface area contributed by atoms with E-state index in [1.54, 1.807) is 0 Å². The van der Waals surface area contributed by atoms with Gasteiger partial charge in [-0.1, -0.05) is 30.3 Å². The first kappa shape index (κ1) is 9.61. The number of likely N-dealkylation sites (N-methyl/N-ethyl adjacent to an activating group) is 1. The molecule has 0 spiro atoms. The molecule has 2 atom stereocenters. The summed E-state index contributed by atoms with van der Waals surface area (Å²) in [6, 6.07) is 10.7. The van der Waals surface area contributed by atoms with Crippen LogP contribution in [0.1, 0.15) is 11.6 Å². The van der Waals surface area contributed by atoms with Gasteiger partial charge in [-0.15, -0.1) is 0 Å². The standard InChI is InChI=1S/C10H16N4/c1-14(2)10-9(11-13-12-10)8-6-4-3-5-7-8/h3-7,9-13H,1-2H3. The fourth-order valence-electron chi connectivity index (χ4n) is 1.71. The number of hydrogen-bond acceptors (Lipinski definition) is 4. The van der Waals surface area contributed by atoms with Crippen LogP contribution < -0.4 is 16.4 Å². The quantitative estimate of drug-likeness (QED) is 0.627. The lowest BCUT2D eigenvalue weighted by Gasteiger charge is -2.24. The highest BCUT2D eigenvalue weighted by molar-refractivity contribution is 5.20. The van der Waals surface area contributed by atoms with Crippen molar-refractivity contribution in [2.75, 3.05) is 14.1 Å². The van der Waals surface area contributed by atoms with Crippen molar-refractivity contribution in [3.8, 4) is 0 Å². The lowest BCUT2D eigenvalue weighted by Crippen LogP contribution is -2.42. The highest BCUT2D eigenvalue weighted by Crippen LogP contribution is 2.19. The molecule has 2 rings (SSSR count). The monoisotopic (exact) mass is 192 g/mol. The normalized spacial score (nSPS) is 27.1. The van der Waals surface area contributed by atoms with Crippen LogP contribution in [0, 0.1) is 0 Å². The van der Waals surface area contributed by atoms with Crippen molar-refractivity contribution in [3.63, 3.8) is 0 Å². The summed E-state index contributed by atoms with van der Waals surface area (Å²) in [5, 5.41) is 0. The summed E-state index contributed by atoms with van der Waals surface area (Å²) in [7, 11) is 4.12. The highest BCUT2D eigenvalue weighted by Gasteiger charge is 2.28. The third-order valence-electron chi connectivity index (χ3n) is 2.48. The Kier molecular flexibility index (Phi) is 2.79. The van der Waals surface area contributed by atoms with Crippen molar-refractivity contribution in [2.45, 2.75) is 12.2 Å². The average molecular weight is 192 g/mol. The number of nitrogens with zero attached hydrogens (tertiary/aromatic N) is 1. The third-order valence-corrected chi connectivity index (χ3v) is 2.48. The molecule has 1 aromatic carbocycles. The Labute approximate surface area is 84.2 Å². The maximum Gasteiger partial charge on any atom is 0.0948 e. The summed E-state index contributed by atoms with van der Waals surface area (Å²) in [4.78, 5) is 2.14. The van der Waals surface area contributed by atoms with Crippen LogP contribution in [0.2, 0.25) is 0 Å². The predicted molar refractivity (Wildman–Crippen MR) is 56.1 cm³/mol. The highest BCUT2D eigenvalue weighted by atomic mass is 15.7. The van der Waals surface area contributed by atoms with Gasteiger partial charge in [0.15, 0.2) is 0 Å². The van der Waals surface area contributed by atoms with Crippen molar-refractivity contribution < 1.29 is 0 Å². The van der Waals surface area contributed by atoms with E-state index in [0.717, 1.165) is 0 Å². The van der Waals surface area contributed by atoms with E-state index in [2.05, 4.69) is 59.6 Å². The average Bonchev–Trinajstić information content (AvgIpc) is 2.67. The molecule has 0 saturated carbocycles. The SMILES string of the molecule is CN(C)C1NNNC1c1ccccc1. The molecule has 0 bridgehead atoms. The number of hydrazine groups is 2. The Morgan fingerprint density at radius 3 is 2.43 bits per heavy atom. The van der Waals surface area contributed by atoms with Gasteiger partial charge in [0.2, 0.25) is 0 Å². The maximum atomic E-state index is 3.20. The summed E-state index contributed by atoms with van der Waals surface area (Å²) in [6.45, 7) is 0. The second-order valence-electron chi connectivity index (χ2n) is 3.71. The van der Waals surface area contributed by atoms with E-state index in [1.165, 1.54) is 5.56 Å². The lowest BCUT2D eigenvalue weighted by atomic mass is 10.1. The number of rotatable bonds is 2. The van der Waals surface area contributed by atoms with Crippen LogP contribution in [0.5, 0.6) is 0 Å². The van der Waals surface area contributed by atoms with Crippen LogP contribution in [0.25, 0.3) is 0 Å².